The highest BCUT2D eigenvalue weighted by molar-refractivity contribution is 5.82. The lowest BCUT2D eigenvalue weighted by Gasteiger charge is -2.11. The fraction of sp³-hybridized carbons (Fsp3) is 0.0952. The van der Waals surface area contributed by atoms with Gasteiger partial charge in [-0.1, -0.05) is 12.1 Å². The first-order chi connectivity index (χ1) is 13.5. The van der Waals surface area contributed by atoms with Gasteiger partial charge in [-0.15, -0.1) is 0 Å². The number of hydrogen-bond acceptors (Lipinski definition) is 5. The first-order valence-corrected chi connectivity index (χ1v) is 8.65. The lowest BCUT2D eigenvalue weighted by Crippen LogP contribution is -1.98. The molecule has 0 saturated heterocycles. The summed E-state index contributed by atoms with van der Waals surface area (Å²) in [5.74, 6) is -0.621. The molecule has 0 aliphatic rings. The van der Waals surface area contributed by atoms with Crippen molar-refractivity contribution in [2.75, 3.05) is 18.2 Å². The second-order valence-electron chi connectivity index (χ2n) is 6.45. The monoisotopic (exact) mass is 378 g/mol. The van der Waals surface area contributed by atoms with Gasteiger partial charge in [0.2, 0.25) is 0 Å². The van der Waals surface area contributed by atoms with Crippen molar-refractivity contribution in [1.29, 1.82) is 0 Å². The number of halogens is 1. The van der Waals surface area contributed by atoms with E-state index < -0.39 is 11.6 Å². The number of aromatic hydroxyl groups is 1. The first-order valence-electron chi connectivity index (χ1n) is 8.65. The van der Waals surface area contributed by atoms with Crippen molar-refractivity contribution in [3.63, 3.8) is 0 Å². The molecule has 0 amide bonds. The summed E-state index contributed by atoms with van der Waals surface area (Å²) in [5.41, 5.74) is 9.98. The zero-order valence-electron chi connectivity index (χ0n) is 15.4. The van der Waals surface area contributed by atoms with Crippen LogP contribution >= 0.6 is 0 Å². The zero-order chi connectivity index (χ0) is 19.8. The highest BCUT2D eigenvalue weighted by Gasteiger charge is 2.19. The number of methoxy groups -OCH3 is 1. The number of aromatic nitrogens is 2. The largest absolute Gasteiger partial charge is 0.502 e. The van der Waals surface area contributed by atoms with Crippen LogP contribution in [0.1, 0.15) is 5.56 Å². The number of ether oxygens (including phenoxy) is 1. The maximum atomic E-state index is 14.3. The molecule has 0 aliphatic carbocycles. The molecule has 2 aromatic heterocycles. The second-order valence-corrected chi connectivity index (χ2v) is 6.45. The van der Waals surface area contributed by atoms with E-state index in [1.807, 2.05) is 41.8 Å². The Bertz CT molecular complexity index is 1190. The maximum absolute atomic E-state index is 14.3. The fourth-order valence-electron chi connectivity index (χ4n) is 3.14. The van der Waals surface area contributed by atoms with Crippen LogP contribution in [0.25, 0.3) is 16.9 Å². The third-order valence-corrected chi connectivity index (χ3v) is 4.52. The summed E-state index contributed by atoms with van der Waals surface area (Å²) < 4.78 is 21.2. The molecular formula is C21H19FN4O2. The van der Waals surface area contributed by atoms with Gasteiger partial charge < -0.3 is 20.9 Å². The van der Waals surface area contributed by atoms with Gasteiger partial charge in [-0.25, -0.2) is 9.37 Å². The molecule has 4 aromatic rings. The van der Waals surface area contributed by atoms with Crippen LogP contribution in [0.2, 0.25) is 0 Å². The number of benzene rings is 2. The molecule has 2 aromatic carbocycles. The predicted octanol–water partition coefficient (Wildman–Crippen LogP) is 4.49. The fourth-order valence-corrected chi connectivity index (χ4v) is 3.14. The number of nitrogens with zero attached hydrogens (tertiary/aromatic N) is 2. The standard InChI is InChI=1S/C21H19FN4O2/c1-12-5-4-8-26-20(12)25-18(13-9-16(22)19(27)17(10-13)28-2)21(26)24-15-7-3-6-14(23)11-15/h3-11,24,27H,23H2,1-2H3. The number of pyridine rings is 1. The van der Waals surface area contributed by atoms with Crippen LogP contribution in [0.5, 0.6) is 11.5 Å². The van der Waals surface area contributed by atoms with Gasteiger partial charge in [-0.05, 0) is 48.9 Å². The summed E-state index contributed by atoms with van der Waals surface area (Å²) in [6.07, 6.45) is 1.88. The Hall–Kier alpha value is -3.74. The lowest BCUT2D eigenvalue weighted by atomic mass is 10.1. The normalized spacial score (nSPS) is 11.0. The van der Waals surface area contributed by atoms with Gasteiger partial charge in [0, 0.05) is 23.1 Å². The molecule has 2 heterocycles. The number of anilines is 3. The average Bonchev–Trinajstić information content (AvgIpc) is 3.04. The Morgan fingerprint density at radius 2 is 2.00 bits per heavy atom. The van der Waals surface area contributed by atoms with Crippen molar-refractivity contribution < 1.29 is 14.2 Å². The van der Waals surface area contributed by atoms with Crippen LogP contribution in [0.4, 0.5) is 21.6 Å². The SMILES string of the molecule is COc1cc(-c2nc3c(C)cccn3c2Nc2cccc(N)c2)cc(F)c1O. The number of nitrogens with one attached hydrogen (secondary N) is 1. The lowest BCUT2D eigenvalue weighted by molar-refractivity contribution is 0.357. The van der Waals surface area contributed by atoms with E-state index in [4.69, 9.17) is 15.5 Å². The Morgan fingerprint density at radius 3 is 2.75 bits per heavy atom. The van der Waals surface area contributed by atoms with Gasteiger partial charge in [-0.3, -0.25) is 4.40 Å². The summed E-state index contributed by atoms with van der Waals surface area (Å²) in [6, 6.07) is 14.0. The van der Waals surface area contributed by atoms with E-state index in [0.29, 0.717) is 22.8 Å². The van der Waals surface area contributed by atoms with Gasteiger partial charge in [0.1, 0.15) is 17.2 Å². The number of rotatable bonds is 4. The Kier molecular flexibility index (Phi) is 4.27. The van der Waals surface area contributed by atoms with Crippen LogP contribution < -0.4 is 15.8 Å². The molecule has 6 nitrogen and oxygen atoms in total. The molecule has 28 heavy (non-hydrogen) atoms. The molecule has 142 valence electrons. The van der Waals surface area contributed by atoms with Crippen LogP contribution in [-0.2, 0) is 0 Å². The predicted molar refractivity (Wildman–Crippen MR) is 108 cm³/mol. The van der Waals surface area contributed by atoms with Crippen molar-refractivity contribution in [3.8, 4) is 22.8 Å². The number of nitrogen functional groups attached to an aromatic ring is 1. The third kappa shape index (κ3) is 2.96. The Morgan fingerprint density at radius 1 is 1.18 bits per heavy atom. The Balaban J connectivity index is 1.96. The molecular weight excluding hydrogens is 359 g/mol. The molecule has 0 saturated carbocycles. The van der Waals surface area contributed by atoms with E-state index in [0.717, 1.165) is 16.9 Å². The molecule has 7 heteroatoms. The smallest absolute Gasteiger partial charge is 0.194 e. The van der Waals surface area contributed by atoms with Crippen molar-refractivity contribution in [3.05, 3.63) is 66.1 Å². The van der Waals surface area contributed by atoms with Crippen molar-refractivity contribution in [1.82, 2.24) is 9.38 Å². The minimum atomic E-state index is -0.780. The molecule has 0 fully saturated rings. The van der Waals surface area contributed by atoms with Crippen molar-refractivity contribution in [2.45, 2.75) is 6.92 Å². The summed E-state index contributed by atoms with van der Waals surface area (Å²) >= 11 is 0. The summed E-state index contributed by atoms with van der Waals surface area (Å²) in [7, 11) is 1.37. The molecule has 0 aliphatic heterocycles. The number of hydrogen-bond donors (Lipinski definition) is 3. The molecule has 0 bridgehead atoms. The molecule has 0 atom stereocenters. The first kappa shape index (κ1) is 17.7. The van der Waals surface area contributed by atoms with E-state index in [9.17, 15) is 9.50 Å². The third-order valence-electron chi connectivity index (χ3n) is 4.52. The summed E-state index contributed by atoms with van der Waals surface area (Å²) in [6.45, 7) is 1.95. The number of imidazole rings is 1. The summed E-state index contributed by atoms with van der Waals surface area (Å²) in [4.78, 5) is 4.71. The quantitative estimate of drug-likeness (QED) is 0.456. The van der Waals surface area contributed by atoms with E-state index >= 15 is 0 Å². The van der Waals surface area contributed by atoms with E-state index in [1.54, 1.807) is 18.2 Å². The highest BCUT2D eigenvalue weighted by Crippen LogP contribution is 2.38. The van der Waals surface area contributed by atoms with Crippen LogP contribution in [0, 0.1) is 12.7 Å². The number of nitrogens with two attached hydrogens (primary N) is 1. The van der Waals surface area contributed by atoms with Crippen LogP contribution in [-0.4, -0.2) is 21.6 Å². The van der Waals surface area contributed by atoms with Gasteiger partial charge in [0.25, 0.3) is 0 Å². The van der Waals surface area contributed by atoms with Gasteiger partial charge in [0.15, 0.2) is 17.3 Å². The van der Waals surface area contributed by atoms with Crippen molar-refractivity contribution in [2.24, 2.45) is 0 Å². The maximum Gasteiger partial charge on any atom is 0.194 e. The zero-order valence-corrected chi connectivity index (χ0v) is 15.4. The number of phenolic OH excluding ortho intramolecular Hbond substituents is 1. The number of aryl methyl sites for hydroxylation is 1. The molecule has 0 spiro atoms. The van der Waals surface area contributed by atoms with Crippen LogP contribution in [0.3, 0.4) is 0 Å². The average molecular weight is 378 g/mol. The van der Waals surface area contributed by atoms with Gasteiger partial charge >= 0.3 is 0 Å². The van der Waals surface area contributed by atoms with E-state index in [1.165, 1.54) is 13.2 Å². The molecule has 4 rings (SSSR count). The summed E-state index contributed by atoms with van der Waals surface area (Å²) in [5, 5.41) is 13.2. The number of fused-ring (bicyclic) bond motifs is 1. The minimum Gasteiger partial charge on any atom is -0.502 e. The molecule has 4 N–H and O–H groups in total. The minimum absolute atomic E-state index is 0.0404. The second kappa shape index (κ2) is 6.77. The number of phenols is 1. The van der Waals surface area contributed by atoms with Crippen molar-refractivity contribution >= 4 is 22.8 Å². The van der Waals surface area contributed by atoms with E-state index in [2.05, 4.69) is 5.32 Å². The van der Waals surface area contributed by atoms with Gasteiger partial charge in [0.05, 0.1) is 7.11 Å². The Labute approximate surface area is 161 Å². The topological polar surface area (TPSA) is 84.8 Å². The molecule has 0 radical (unpaired) electrons. The highest BCUT2D eigenvalue weighted by atomic mass is 19.1. The van der Waals surface area contributed by atoms with E-state index in [-0.39, 0.29) is 5.75 Å². The molecule has 0 unspecified atom stereocenters. The van der Waals surface area contributed by atoms with Gasteiger partial charge in [-0.2, -0.15) is 0 Å². The van der Waals surface area contributed by atoms with Crippen LogP contribution in [0.15, 0.2) is 54.7 Å².